The molecule has 0 saturated carbocycles. The minimum atomic E-state index is -4.47. The molecule has 0 atom stereocenters. The minimum absolute atomic E-state index is 0.0757. The third-order valence-electron chi connectivity index (χ3n) is 4.94. The maximum Gasteiger partial charge on any atom is 0.433 e. The molecule has 2 aromatic rings. The lowest BCUT2D eigenvalue weighted by atomic mass is 10.0. The largest absolute Gasteiger partial charge is 0.433 e. The van der Waals surface area contributed by atoms with Crippen LogP contribution >= 0.6 is 0 Å². The molecule has 2 aliphatic heterocycles. The Kier molecular flexibility index (Phi) is 5.00. The molecule has 7 nitrogen and oxygen atoms in total. The Morgan fingerprint density at radius 1 is 1.22 bits per heavy atom. The lowest BCUT2D eigenvalue weighted by Gasteiger charge is -2.32. The molecule has 0 radical (unpaired) electrons. The topological polar surface area (TPSA) is 76.3 Å². The van der Waals surface area contributed by atoms with E-state index in [0.29, 0.717) is 19.8 Å². The molecule has 1 saturated heterocycles. The second kappa shape index (κ2) is 7.43. The summed E-state index contributed by atoms with van der Waals surface area (Å²) in [5.41, 5.74) is 1.04. The van der Waals surface area contributed by atoms with Crippen molar-refractivity contribution in [2.75, 3.05) is 25.0 Å². The number of nitrogens with one attached hydrogen (secondary N) is 1. The molecule has 4 heterocycles. The second-order valence-electron chi connectivity index (χ2n) is 6.81. The van der Waals surface area contributed by atoms with Crippen molar-refractivity contribution in [3.63, 3.8) is 0 Å². The SMILES string of the molecule is FC(F)(F)c1cc(NC2CCN(Cc3noc4c3COCC4)CC2)ncn1. The number of likely N-dealkylation sites (tertiary alicyclic amines) is 1. The predicted octanol–water partition coefficient (Wildman–Crippen LogP) is 2.63. The number of anilines is 1. The molecular weight excluding hydrogens is 363 g/mol. The van der Waals surface area contributed by atoms with E-state index in [1.54, 1.807) is 0 Å². The minimum Gasteiger partial charge on any atom is -0.376 e. The molecule has 10 heteroatoms. The maximum atomic E-state index is 12.8. The predicted molar refractivity (Wildman–Crippen MR) is 88.8 cm³/mol. The molecule has 1 fully saturated rings. The number of piperidine rings is 1. The number of aromatic nitrogens is 3. The second-order valence-corrected chi connectivity index (χ2v) is 6.81. The number of alkyl halides is 3. The fourth-order valence-corrected chi connectivity index (χ4v) is 3.45. The molecule has 2 aromatic heterocycles. The van der Waals surface area contributed by atoms with Gasteiger partial charge in [-0.25, -0.2) is 9.97 Å². The number of rotatable bonds is 4. The van der Waals surface area contributed by atoms with Gasteiger partial charge in [0.1, 0.15) is 29.3 Å². The van der Waals surface area contributed by atoms with E-state index in [1.165, 1.54) is 0 Å². The number of hydrogen-bond acceptors (Lipinski definition) is 7. The third-order valence-corrected chi connectivity index (χ3v) is 4.94. The van der Waals surface area contributed by atoms with E-state index in [0.717, 1.165) is 61.8 Å². The van der Waals surface area contributed by atoms with Crippen LogP contribution in [0.5, 0.6) is 0 Å². The Hall–Kier alpha value is -2.20. The van der Waals surface area contributed by atoms with Crippen LogP contribution in [0.15, 0.2) is 16.9 Å². The zero-order valence-electron chi connectivity index (χ0n) is 14.6. The summed E-state index contributed by atoms with van der Waals surface area (Å²) in [6.07, 6.45) is -1.16. The summed E-state index contributed by atoms with van der Waals surface area (Å²) >= 11 is 0. The van der Waals surface area contributed by atoms with Crippen LogP contribution in [-0.2, 0) is 30.5 Å². The number of nitrogens with zero attached hydrogens (tertiary/aromatic N) is 4. The van der Waals surface area contributed by atoms with Gasteiger partial charge in [-0.1, -0.05) is 5.16 Å². The van der Waals surface area contributed by atoms with Crippen LogP contribution in [0.3, 0.4) is 0 Å². The number of hydrogen-bond donors (Lipinski definition) is 1. The first kappa shape index (κ1) is 18.2. The number of ether oxygens (including phenoxy) is 1. The molecule has 2 aliphatic rings. The maximum absolute atomic E-state index is 12.8. The van der Waals surface area contributed by atoms with E-state index in [4.69, 9.17) is 9.26 Å². The smallest absolute Gasteiger partial charge is 0.376 e. The van der Waals surface area contributed by atoms with Gasteiger partial charge < -0.3 is 14.6 Å². The first-order valence-corrected chi connectivity index (χ1v) is 8.91. The van der Waals surface area contributed by atoms with E-state index < -0.39 is 11.9 Å². The lowest BCUT2D eigenvalue weighted by Crippen LogP contribution is -2.39. The van der Waals surface area contributed by atoms with Crippen molar-refractivity contribution in [3.05, 3.63) is 35.1 Å². The first-order valence-electron chi connectivity index (χ1n) is 8.91. The molecule has 146 valence electrons. The van der Waals surface area contributed by atoms with Crippen LogP contribution in [0.25, 0.3) is 0 Å². The van der Waals surface area contributed by atoms with E-state index >= 15 is 0 Å². The van der Waals surface area contributed by atoms with E-state index in [9.17, 15) is 13.2 Å². The van der Waals surface area contributed by atoms with Crippen molar-refractivity contribution in [1.29, 1.82) is 0 Å². The summed E-state index contributed by atoms with van der Waals surface area (Å²) in [4.78, 5) is 9.46. The highest BCUT2D eigenvalue weighted by molar-refractivity contribution is 5.37. The van der Waals surface area contributed by atoms with Crippen LogP contribution in [0.1, 0.15) is 35.6 Å². The Morgan fingerprint density at radius 2 is 2.04 bits per heavy atom. The number of fused-ring (bicyclic) bond motifs is 1. The normalized spacial score (nSPS) is 19.1. The zero-order valence-corrected chi connectivity index (χ0v) is 14.6. The van der Waals surface area contributed by atoms with Gasteiger partial charge in [-0.2, -0.15) is 13.2 Å². The van der Waals surface area contributed by atoms with Gasteiger partial charge in [0, 0.05) is 43.7 Å². The van der Waals surface area contributed by atoms with Crippen LogP contribution < -0.4 is 5.32 Å². The van der Waals surface area contributed by atoms with Crippen molar-refractivity contribution in [3.8, 4) is 0 Å². The molecule has 0 bridgehead atoms. The molecule has 4 rings (SSSR count). The van der Waals surface area contributed by atoms with Gasteiger partial charge in [0.25, 0.3) is 0 Å². The Balaban J connectivity index is 1.31. The van der Waals surface area contributed by atoms with Crippen LogP contribution in [-0.4, -0.2) is 45.8 Å². The summed E-state index contributed by atoms with van der Waals surface area (Å²) in [5, 5.41) is 7.27. The summed E-state index contributed by atoms with van der Waals surface area (Å²) in [6, 6.07) is 1.03. The highest BCUT2D eigenvalue weighted by Crippen LogP contribution is 2.29. The third kappa shape index (κ3) is 4.22. The first-order chi connectivity index (χ1) is 13.0. The van der Waals surface area contributed by atoms with Crippen molar-refractivity contribution < 1.29 is 22.4 Å². The van der Waals surface area contributed by atoms with E-state index in [2.05, 4.69) is 25.3 Å². The lowest BCUT2D eigenvalue weighted by molar-refractivity contribution is -0.141. The van der Waals surface area contributed by atoms with Crippen molar-refractivity contribution in [2.45, 2.75) is 44.6 Å². The molecule has 1 N–H and O–H groups in total. The quantitative estimate of drug-likeness (QED) is 0.870. The van der Waals surface area contributed by atoms with E-state index in [-0.39, 0.29) is 11.9 Å². The van der Waals surface area contributed by atoms with Gasteiger partial charge in [-0.15, -0.1) is 0 Å². The summed E-state index contributed by atoms with van der Waals surface area (Å²) in [6.45, 7) is 3.54. The summed E-state index contributed by atoms with van der Waals surface area (Å²) < 4.78 is 49.1. The van der Waals surface area contributed by atoms with Crippen LogP contribution in [0.4, 0.5) is 19.0 Å². The van der Waals surface area contributed by atoms with Gasteiger partial charge >= 0.3 is 6.18 Å². The van der Waals surface area contributed by atoms with Crippen LogP contribution in [0, 0.1) is 0 Å². The average molecular weight is 383 g/mol. The van der Waals surface area contributed by atoms with Crippen molar-refractivity contribution in [2.24, 2.45) is 0 Å². The highest BCUT2D eigenvalue weighted by Gasteiger charge is 2.33. The Bertz CT molecular complexity index is 787. The molecular formula is C17H20F3N5O2. The zero-order chi connectivity index (χ0) is 18.9. The highest BCUT2D eigenvalue weighted by atomic mass is 19.4. The van der Waals surface area contributed by atoms with Gasteiger partial charge in [-0.05, 0) is 12.8 Å². The molecule has 27 heavy (non-hydrogen) atoms. The molecule has 0 aromatic carbocycles. The van der Waals surface area contributed by atoms with E-state index in [1.807, 2.05) is 0 Å². The summed E-state index contributed by atoms with van der Waals surface area (Å²) in [7, 11) is 0. The van der Waals surface area contributed by atoms with Gasteiger partial charge in [0.2, 0.25) is 0 Å². The Morgan fingerprint density at radius 3 is 2.81 bits per heavy atom. The van der Waals surface area contributed by atoms with Crippen molar-refractivity contribution in [1.82, 2.24) is 20.0 Å². The molecule has 0 aliphatic carbocycles. The van der Waals surface area contributed by atoms with Gasteiger partial charge in [0.15, 0.2) is 0 Å². The van der Waals surface area contributed by atoms with Gasteiger partial charge in [0.05, 0.1) is 13.2 Å². The standard InChI is InChI=1S/C17H20F3N5O2/c18-17(19,20)15-7-16(22-10-21-15)23-11-1-4-25(5-2-11)8-13-12-9-26-6-3-14(12)27-24-13/h7,10-11H,1-6,8-9H2,(H,21,22,23). The monoisotopic (exact) mass is 383 g/mol. The molecule has 0 unspecified atom stereocenters. The molecule has 0 spiro atoms. The van der Waals surface area contributed by atoms with Gasteiger partial charge in [-0.3, -0.25) is 4.90 Å². The molecule has 0 amide bonds. The van der Waals surface area contributed by atoms with Crippen LogP contribution in [0.2, 0.25) is 0 Å². The summed E-state index contributed by atoms with van der Waals surface area (Å²) in [5.74, 6) is 1.12. The fraction of sp³-hybridized carbons (Fsp3) is 0.588. The average Bonchev–Trinajstić information content (AvgIpc) is 3.06. The number of halogens is 3. The van der Waals surface area contributed by atoms with Crippen molar-refractivity contribution >= 4 is 5.82 Å². The fourth-order valence-electron chi connectivity index (χ4n) is 3.45. The Labute approximate surface area is 153 Å².